The maximum Gasteiger partial charge on any atom is 0.335 e. The lowest BCUT2D eigenvalue weighted by Gasteiger charge is -2.09. The van der Waals surface area contributed by atoms with Gasteiger partial charge < -0.3 is 5.11 Å². The Balaban J connectivity index is 2.38. The minimum absolute atomic E-state index is 0.225. The summed E-state index contributed by atoms with van der Waals surface area (Å²) < 4.78 is 52.2. The third kappa shape index (κ3) is 3.34. The topological polar surface area (TPSA) is 83.5 Å². The van der Waals surface area contributed by atoms with Gasteiger partial charge in [0.25, 0.3) is 10.0 Å². The molecule has 2 rings (SSSR count). The summed E-state index contributed by atoms with van der Waals surface area (Å²) in [6.07, 6.45) is 0. The number of halogens is 2. The maximum atomic E-state index is 13.4. The molecule has 8 heteroatoms. The minimum Gasteiger partial charge on any atom is -0.478 e. The van der Waals surface area contributed by atoms with Crippen molar-refractivity contribution in [2.75, 3.05) is 4.72 Å². The van der Waals surface area contributed by atoms with Crippen LogP contribution in [0.1, 0.15) is 10.4 Å². The smallest absolute Gasteiger partial charge is 0.335 e. The van der Waals surface area contributed by atoms with Gasteiger partial charge in [-0.15, -0.1) is 0 Å². The SMILES string of the molecule is O=C(O)c1cccc(S(=O)(=O)Nc2ccc(F)cc2F)c1. The van der Waals surface area contributed by atoms with Gasteiger partial charge in [-0.05, 0) is 30.3 Å². The molecular weight excluding hydrogens is 304 g/mol. The Morgan fingerprint density at radius 3 is 2.43 bits per heavy atom. The number of hydrogen-bond acceptors (Lipinski definition) is 3. The van der Waals surface area contributed by atoms with Gasteiger partial charge in [-0.1, -0.05) is 6.07 Å². The molecule has 0 aromatic heterocycles. The molecule has 110 valence electrons. The first-order chi connectivity index (χ1) is 9.79. The second-order valence-electron chi connectivity index (χ2n) is 4.06. The van der Waals surface area contributed by atoms with Gasteiger partial charge in [-0.3, -0.25) is 4.72 Å². The van der Waals surface area contributed by atoms with Crippen LogP contribution in [0.5, 0.6) is 0 Å². The lowest BCUT2D eigenvalue weighted by atomic mass is 10.2. The van der Waals surface area contributed by atoms with Crippen LogP contribution >= 0.6 is 0 Å². The summed E-state index contributed by atoms with van der Waals surface area (Å²) in [5.74, 6) is -3.21. The molecule has 0 aliphatic heterocycles. The van der Waals surface area contributed by atoms with Gasteiger partial charge in [0.15, 0.2) is 0 Å². The molecule has 21 heavy (non-hydrogen) atoms. The summed E-state index contributed by atoms with van der Waals surface area (Å²) in [5.41, 5.74) is -0.658. The average Bonchev–Trinajstić information content (AvgIpc) is 2.42. The van der Waals surface area contributed by atoms with Crippen LogP contribution in [0.3, 0.4) is 0 Å². The minimum atomic E-state index is -4.18. The number of sulfonamides is 1. The van der Waals surface area contributed by atoms with E-state index in [2.05, 4.69) is 0 Å². The number of carboxylic acids is 1. The summed E-state index contributed by atoms with van der Waals surface area (Å²) >= 11 is 0. The molecule has 0 atom stereocenters. The van der Waals surface area contributed by atoms with Gasteiger partial charge in [0.05, 0.1) is 16.1 Å². The molecule has 2 N–H and O–H groups in total. The third-order valence-electron chi connectivity index (χ3n) is 2.57. The lowest BCUT2D eigenvalue weighted by molar-refractivity contribution is 0.0696. The number of nitrogens with one attached hydrogen (secondary N) is 1. The molecule has 0 amide bonds. The fraction of sp³-hybridized carbons (Fsp3) is 0. The number of benzene rings is 2. The van der Waals surface area contributed by atoms with Crippen LogP contribution in [0.4, 0.5) is 14.5 Å². The predicted octanol–water partition coefficient (Wildman–Crippen LogP) is 2.46. The first-order valence-electron chi connectivity index (χ1n) is 5.61. The third-order valence-corrected chi connectivity index (χ3v) is 3.93. The molecular formula is C13H9F2NO4S. The zero-order chi connectivity index (χ0) is 15.6. The van der Waals surface area contributed by atoms with E-state index in [1.807, 2.05) is 4.72 Å². The van der Waals surface area contributed by atoms with Crippen LogP contribution in [-0.2, 0) is 10.0 Å². The van der Waals surface area contributed by atoms with E-state index in [-0.39, 0.29) is 10.5 Å². The summed E-state index contributed by atoms with van der Waals surface area (Å²) in [4.78, 5) is 10.5. The van der Waals surface area contributed by atoms with Crippen molar-refractivity contribution in [1.29, 1.82) is 0 Å². The van der Waals surface area contributed by atoms with Gasteiger partial charge in [0.2, 0.25) is 0 Å². The van der Waals surface area contributed by atoms with Crippen molar-refractivity contribution in [2.45, 2.75) is 4.90 Å². The van der Waals surface area contributed by atoms with Gasteiger partial charge in [0.1, 0.15) is 11.6 Å². The normalized spacial score (nSPS) is 11.1. The Labute approximate surface area is 118 Å². The first kappa shape index (κ1) is 14.9. The molecule has 0 bridgehead atoms. The lowest BCUT2D eigenvalue weighted by Crippen LogP contribution is -2.14. The van der Waals surface area contributed by atoms with Crippen LogP contribution in [0.25, 0.3) is 0 Å². The van der Waals surface area contributed by atoms with Crippen molar-refractivity contribution in [3.63, 3.8) is 0 Å². The van der Waals surface area contributed by atoms with Gasteiger partial charge in [0, 0.05) is 6.07 Å². The summed E-state index contributed by atoms with van der Waals surface area (Å²) in [7, 11) is -4.18. The van der Waals surface area contributed by atoms with E-state index in [4.69, 9.17) is 5.11 Å². The number of carbonyl (C=O) groups is 1. The monoisotopic (exact) mass is 313 g/mol. The summed E-state index contributed by atoms with van der Waals surface area (Å²) in [6.45, 7) is 0. The van der Waals surface area contributed by atoms with E-state index >= 15 is 0 Å². The van der Waals surface area contributed by atoms with Crippen molar-refractivity contribution < 1.29 is 27.1 Å². The Kier molecular flexibility index (Phi) is 3.90. The molecule has 0 unspecified atom stereocenters. The average molecular weight is 313 g/mol. The van der Waals surface area contributed by atoms with Crippen molar-refractivity contribution >= 4 is 21.7 Å². The molecule has 0 saturated carbocycles. The second-order valence-corrected chi connectivity index (χ2v) is 5.75. The van der Waals surface area contributed by atoms with Crippen molar-refractivity contribution in [1.82, 2.24) is 0 Å². The van der Waals surface area contributed by atoms with Gasteiger partial charge >= 0.3 is 5.97 Å². The van der Waals surface area contributed by atoms with Crippen molar-refractivity contribution in [3.8, 4) is 0 Å². The Bertz CT molecular complexity index is 806. The zero-order valence-corrected chi connectivity index (χ0v) is 11.2. The van der Waals surface area contributed by atoms with Crippen molar-refractivity contribution in [2.24, 2.45) is 0 Å². The van der Waals surface area contributed by atoms with Crippen LogP contribution in [-0.4, -0.2) is 19.5 Å². The second kappa shape index (κ2) is 5.49. The van der Waals surface area contributed by atoms with E-state index in [0.29, 0.717) is 6.07 Å². The first-order valence-corrected chi connectivity index (χ1v) is 7.09. The van der Waals surface area contributed by atoms with E-state index < -0.39 is 33.3 Å². The number of anilines is 1. The van der Waals surface area contributed by atoms with Crippen LogP contribution in [0.2, 0.25) is 0 Å². The molecule has 0 heterocycles. The molecule has 0 saturated heterocycles. The largest absolute Gasteiger partial charge is 0.478 e. The quantitative estimate of drug-likeness (QED) is 0.908. The molecule has 0 aliphatic carbocycles. The highest BCUT2D eigenvalue weighted by molar-refractivity contribution is 7.92. The fourth-order valence-corrected chi connectivity index (χ4v) is 2.68. The number of hydrogen-bond donors (Lipinski definition) is 2. The molecule has 0 fully saturated rings. The van der Waals surface area contributed by atoms with Gasteiger partial charge in [-0.25, -0.2) is 22.0 Å². The molecule has 0 aliphatic rings. The Morgan fingerprint density at radius 1 is 1.10 bits per heavy atom. The highest BCUT2D eigenvalue weighted by atomic mass is 32.2. The van der Waals surface area contributed by atoms with Crippen LogP contribution < -0.4 is 4.72 Å². The van der Waals surface area contributed by atoms with Crippen LogP contribution in [0.15, 0.2) is 47.4 Å². The number of rotatable bonds is 4. The maximum absolute atomic E-state index is 13.4. The standard InChI is InChI=1S/C13H9F2NO4S/c14-9-4-5-12(11(15)7-9)16-21(19,20)10-3-1-2-8(6-10)13(17)18/h1-7,16H,(H,17,18). The van der Waals surface area contributed by atoms with E-state index in [1.54, 1.807) is 0 Å². The Hall–Kier alpha value is -2.48. The van der Waals surface area contributed by atoms with E-state index in [9.17, 15) is 22.0 Å². The molecule has 0 spiro atoms. The highest BCUT2D eigenvalue weighted by Crippen LogP contribution is 2.20. The van der Waals surface area contributed by atoms with Gasteiger partial charge in [-0.2, -0.15) is 0 Å². The fourth-order valence-electron chi connectivity index (χ4n) is 1.57. The number of carboxylic acid groups (broad SMARTS) is 1. The van der Waals surface area contributed by atoms with Crippen LogP contribution in [0, 0.1) is 11.6 Å². The summed E-state index contributed by atoms with van der Waals surface area (Å²) in [6, 6.07) is 6.94. The molecule has 5 nitrogen and oxygen atoms in total. The van der Waals surface area contributed by atoms with E-state index in [1.165, 1.54) is 12.1 Å². The Morgan fingerprint density at radius 2 is 1.81 bits per heavy atom. The number of aromatic carboxylic acids is 1. The predicted molar refractivity (Wildman–Crippen MR) is 70.6 cm³/mol. The van der Waals surface area contributed by atoms with E-state index in [0.717, 1.165) is 24.3 Å². The van der Waals surface area contributed by atoms with Crippen molar-refractivity contribution in [3.05, 3.63) is 59.7 Å². The molecule has 2 aromatic rings. The zero-order valence-electron chi connectivity index (χ0n) is 10.4. The summed E-state index contributed by atoms with van der Waals surface area (Å²) in [5, 5.41) is 8.82. The highest BCUT2D eigenvalue weighted by Gasteiger charge is 2.18. The molecule has 0 radical (unpaired) electrons. The molecule has 2 aromatic carbocycles.